The van der Waals surface area contributed by atoms with Gasteiger partial charge < -0.3 is 10.1 Å². The van der Waals surface area contributed by atoms with E-state index in [9.17, 15) is 4.79 Å². The van der Waals surface area contributed by atoms with Gasteiger partial charge in [-0.15, -0.1) is 0 Å². The lowest BCUT2D eigenvalue weighted by molar-refractivity contribution is 0.206. The number of aromatic amines is 1. The van der Waals surface area contributed by atoms with Gasteiger partial charge in [0.2, 0.25) is 0 Å². The number of para-hydroxylation sites is 1. The number of pyridine rings is 2. The van der Waals surface area contributed by atoms with Gasteiger partial charge in [-0.2, -0.15) is 5.10 Å². The molecule has 156 valence electrons. The highest BCUT2D eigenvalue weighted by Crippen LogP contribution is 2.25. The molecule has 1 aromatic carbocycles. The Morgan fingerprint density at radius 2 is 1.94 bits per heavy atom. The Bertz CT molecular complexity index is 1180. The molecule has 1 saturated carbocycles. The Morgan fingerprint density at radius 1 is 1.03 bits per heavy atom. The van der Waals surface area contributed by atoms with Crippen LogP contribution in [-0.4, -0.2) is 38.3 Å². The molecule has 1 aliphatic rings. The molecule has 1 fully saturated rings. The summed E-state index contributed by atoms with van der Waals surface area (Å²) in [6, 6.07) is 15.1. The second-order valence-corrected chi connectivity index (χ2v) is 7.61. The molecule has 3 aromatic heterocycles. The highest BCUT2D eigenvalue weighted by atomic mass is 16.5. The van der Waals surface area contributed by atoms with E-state index in [0.29, 0.717) is 11.3 Å². The number of rotatable bonds is 5. The van der Waals surface area contributed by atoms with E-state index >= 15 is 0 Å². The van der Waals surface area contributed by atoms with Crippen LogP contribution < -0.4 is 15.4 Å². The van der Waals surface area contributed by atoms with Crippen molar-refractivity contribution in [1.29, 1.82) is 0 Å². The highest BCUT2D eigenvalue weighted by Gasteiger charge is 2.27. The smallest absolute Gasteiger partial charge is 0.320 e. The summed E-state index contributed by atoms with van der Waals surface area (Å²) in [7, 11) is 0. The van der Waals surface area contributed by atoms with E-state index in [4.69, 9.17) is 4.74 Å². The Hall–Kier alpha value is -3.94. The molecular weight excluding hydrogens is 392 g/mol. The van der Waals surface area contributed by atoms with Gasteiger partial charge in [0, 0.05) is 36.0 Å². The molecule has 8 heteroatoms. The number of H-pyrrole nitrogens is 1. The van der Waals surface area contributed by atoms with Crippen LogP contribution >= 0.6 is 0 Å². The van der Waals surface area contributed by atoms with Gasteiger partial charge in [-0.1, -0.05) is 18.2 Å². The molecule has 31 heavy (non-hydrogen) atoms. The standard InChI is InChI=1S/C23H22N6O2/c30-23(27-17-6-7-19(11-17)31-18-4-2-1-3-5-18)29-22-9-8-20-21(28-22)10-15(12-24-20)16-13-25-26-14-16/h1-5,8-10,12-14,17,19H,6-7,11H2,(H,25,26)(H2,27,28,29,30). The number of ether oxygens (including phenoxy) is 1. The van der Waals surface area contributed by atoms with Gasteiger partial charge in [-0.25, -0.2) is 9.78 Å². The monoisotopic (exact) mass is 414 g/mol. The summed E-state index contributed by atoms with van der Waals surface area (Å²) in [4.78, 5) is 21.5. The zero-order valence-electron chi connectivity index (χ0n) is 16.8. The predicted molar refractivity (Wildman–Crippen MR) is 118 cm³/mol. The zero-order chi connectivity index (χ0) is 21.0. The molecule has 0 saturated heterocycles. The van der Waals surface area contributed by atoms with E-state index in [0.717, 1.165) is 41.7 Å². The third-order valence-electron chi connectivity index (χ3n) is 5.38. The van der Waals surface area contributed by atoms with Crippen molar-refractivity contribution in [2.45, 2.75) is 31.4 Å². The summed E-state index contributed by atoms with van der Waals surface area (Å²) >= 11 is 0. The fourth-order valence-electron chi connectivity index (χ4n) is 3.85. The number of hydrogen-bond donors (Lipinski definition) is 3. The van der Waals surface area contributed by atoms with E-state index in [1.807, 2.05) is 42.5 Å². The van der Waals surface area contributed by atoms with Crippen LogP contribution in [0.15, 0.2) is 67.1 Å². The summed E-state index contributed by atoms with van der Waals surface area (Å²) in [6.45, 7) is 0. The number of nitrogens with one attached hydrogen (secondary N) is 3. The minimum atomic E-state index is -0.267. The second kappa shape index (κ2) is 8.43. The number of urea groups is 1. The maximum atomic E-state index is 12.5. The third-order valence-corrected chi connectivity index (χ3v) is 5.38. The molecule has 4 aromatic rings. The van der Waals surface area contributed by atoms with Crippen LogP contribution in [0.5, 0.6) is 5.75 Å². The van der Waals surface area contributed by atoms with Crippen LogP contribution in [0.2, 0.25) is 0 Å². The van der Waals surface area contributed by atoms with Crippen molar-refractivity contribution in [3.8, 4) is 16.9 Å². The lowest BCUT2D eigenvalue weighted by Gasteiger charge is -2.15. The van der Waals surface area contributed by atoms with E-state index in [2.05, 4.69) is 30.8 Å². The maximum Gasteiger partial charge on any atom is 0.320 e. The van der Waals surface area contributed by atoms with Gasteiger partial charge in [0.15, 0.2) is 0 Å². The Balaban J connectivity index is 1.20. The topological polar surface area (TPSA) is 105 Å². The van der Waals surface area contributed by atoms with Crippen molar-refractivity contribution in [3.05, 3.63) is 67.1 Å². The molecule has 2 atom stereocenters. The minimum absolute atomic E-state index is 0.0727. The van der Waals surface area contributed by atoms with Crippen molar-refractivity contribution in [2.75, 3.05) is 5.32 Å². The summed E-state index contributed by atoms with van der Waals surface area (Å²) in [5, 5.41) is 12.6. The molecule has 3 heterocycles. The van der Waals surface area contributed by atoms with Crippen LogP contribution in [0, 0.1) is 0 Å². The number of amides is 2. The van der Waals surface area contributed by atoms with E-state index in [1.54, 1.807) is 24.7 Å². The molecular formula is C23H22N6O2. The van der Waals surface area contributed by atoms with Gasteiger partial charge in [0.25, 0.3) is 0 Å². The maximum absolute atomic E-state index is 12.5. The molecule has 8 nitrogen and oxygen atoms in total. The number of carbonyl (C=O) groups excluding carboxylic acids is 1. The number of carbonyl (C=O) groups is 1. The van der Waals surface area contributed by atoms with E-state index < -0.39 is 0 Å². The number of benzene rings is 1. The first kappa shape index (κ1) is 19.0. The number of nitrogens with zero attached hydrogens (tertiary/aromatic N) is 3. The molecule has 1 aliphatic carbocycles. The summed E-state index contributed by atoms with van der Waals surface area (Å²) in [5.41, 5.74) is 3.30. The quantitative estimate of drug-likeness (QED) is 0.455. The molecule has 0 spiro atoms. The fourth-order valence-corrected chi connectivity index (χ4v) is 3.85. The van der Waals surface area contributed by atoms with Crippen LogP contribution in [0.4, 0.5) is 10.6 Å². The van der Waals surface area contributed by atoms with Gasteiger partial charge in [-0.05, 0) is 43.2 Å². The average molecular weight is 414 g/mol. The van der Waals surface area contributed by atoms with Gasteiger partial charge in [0.05, 0.1) is 17.2 Å². The second-order valence-electron chi connectivity index (χ2n) is 7.61. The SMILES string of the molecule is O=C(Nc1ccc2ncc(-c3cn[nH]c3)cc2n1)NC1CCC(Oc2ccccc2)C1. The Morgan fingerprint density at radius 3 is 2.77 bits per heavy atom. The molecule has 3 N–H and O–H groups in total. The van der Waals surface area contributed by atoms with Gasteiger partial charge in [0.1, 0.15) is 17.7 Å². The Labute approximate surface area is 179 Å². The van der Waals surface area contributed by atoms with Crippen molar-refractivity contribution < 1.29 is 9.53 Å². The predicted octanol–water partition coefficient (Wildman–Crippen LogP) is 4.14. The molecule has 0 bridgehead atoms. The molecule has 0 radical (unpaired) electrons. The number of hydrogen-bond acceptors (Lipinski definition) is 5. The largest absolute Gasteiger partial charge is 0.490 e. The number of anilines is 1. The normalized spacial score (nSPS) is 18.1. The number of aromatic nitrogens is 4. The Kier molecular flexibility index (Phi) is 5.18. The summed E-state index contributed by atoms with van der Waals surface area (Å²) in [5.74, 6) is 1.34. The van der Waals surface area contributed by atoms with Crippen LogP contribution in [0.3, 0.4) is 0 Å². The summed E-state index contributed by atoms with van der Waals surface area (Å²) in [6.07, 6.45) is 8.00. The van der Waals surface area contributed by atoms with Crippen molar-refractivity contribution >= 4 is 22.9 Å². The molecule has 2 amide bonds. The molecule has 5 rings (SSSR count). The first-order chi connectivity index (χ1) is 15.2. The van der Waals surface area contributed by atoms with Gasteiger partial charge >= 0.3 is 6.03 Å². The summed E-state index contributed by atoms with van der Waals surface area (Å²) < 4.78 is 6.00. The molecule has 0 aliphatic heterocycles. The fraction of sp³-hybridized carbons (Fsp3) is 0.217. The van der Waals surface area contributed by atoms with Crippen LogP contribution in [0.1, 0.15) is 19.3 Å². The highest BCUT2D eigenvalue weighted by molar-refractivity contribution is 5.90. The first-order valence-electron chi connectivity index (χ1n) is 10.3. The van der Waals surface area contributed by atoms with Crippen molar-refractivity contribution in [3.63, 3.8) is 0 Å². The lowest BCUT2D eigenvalue weighted by atomic mass is 10.1. The van der Waals surface area contributed by atoms with Crippen molar-refractivity contribution in [2.24, 2.45) is 0 Å². The van der Waals surface area contributed by atoms with E-state index in [1.165, 1.54) is 0 Å². The van der Waals surface area contributed by atoms with E-state index in [-0.39, 0.29) is 18.2 Å². The van der Waals surface area contributed by atoms with Crippen LogP contribution in [0.25, 0.3) is 22.2 Å². The number of fused-ring (bicyclic) bond motifs is 1. The van der Waals surface area contributed by atoms with Crippen molar-refractivity contribution in [1.82, 2.24) is 25.5 Å². The zero-order valence-corrected chi connectivity index (χ0v) is 16.8. The minimum Gasteiger partial charge on any atom is -0.490 e. The first-order valence-corrected chi connectivity index (χ1v) is 10.3. The third kappa shape index (κ3) is 4.48. The van der Waals surface area contributed by atoms with Gasteiger partial charge in [-0.3, -0.25) is 15.4 Å². The average Bonchev–Trinajstić information content (AvgIpc) is 3.46. The molecule has 2 unspecified atom stereocenters. The lowest BCUT2D eigenvalue weighted by Crippen LogP contribution is -2.37. The van der Waals surface area contributed by atoms with Crippen LogP contribution in [-0.2, 0) is 0 Å².